The van der Waals surface area contributed by atoms with Crippen LogP contribution in [0.15, 0.2) is 18.2 Å². The fourth-order valence-electron chi connectivity index (χ4n) is 1.14. The van der Waals surface area contributed by atoms with Crippen molar-refractivity contribution >= 4 is 11.8 Å². The van der Waals surface area contributed by atoms with Crippen molar-refractivity contribution in [3.8, 4) is 12.1 Å². The van der Waals surface area contributed by atoms with Crippen molar-refractivity contribution in [1.82, 2.24) is 0 Å². The summed E-state index contributed by atoms with van der Waals surface area (Å²) in [6, 6.07) is 9.44. The van der Waals surface area contributed by atoms with Crippen LogP contribution in [0, 0.1) is 22.7 Å². The predicted molar refractivity (Wildman–Crippen MR) is 57.8 cm³/mol. The standard InChI is InChI=1S/C11H10N2S/c1-8(14-2)9-3-4-10(6-12)11(5-9)7-13/h3-5,8H,1-2H3. The van der Waals surface area contributed by atoms with Crippen molar-refractivity contribution in [2.45, 2.75) is 12.2 Å². The van der Waals surface area contributed by atoms with Gasteiger partial charge in [0.05, 0.1) is 11.1 Å². The van der Waals surface area contributed by atoms with E-state index in [2.05, 4.69) is 6.92 Å². The van der Waals surface area contributed by atoms with Gasteiger partial charge in [-0.05, 0) is 30.9 Å². The van der Waals surface area contributed by atoms with E-state index in [1.807, 2.05) is 24.5 Å². The van der Waals surface area contributed by atoms with Crippen LogP contribution < -0.4 is 0 Å². The molecule has 1 unspecified atom stereocenters. The molecule has 0 aliphatic carbocycles. The topological polar surface area (TPSA) is 47.6 Å². The molecule has 0 heterocycles. The molecule has 1 aromatic rings. The first-order chi connectivity index (χ1) is 6.72. The summed E-state index contributed by atoms with van der Waals surface area (Å²) in [7, 11) is 0. The molecule has 0 bridgehead atoms. The van der Waals surface area contributed by atoms with Crippen molar-refractivity contribution < 1.29 is 0 Å². The van der Waals surface area contributed by atoms with Crippen LogP contribution in [-0.4, -0.2) is 6.26 Å². The Labute approximate surface area is 88.2 Å². The third-order valence-corrected chi connectivity index (χ3v) is 3.09. The van der Waals surface area contributed by atoms with Crippen LogP contribution in [0.1, 0.15) is 28.9 Å². The second kappa shape index (κ2) is 4.69. The average molecular weight is 202 g/mol. The summed E-state index contributed by atoms with van der Waals surface area (Å²) in [5.41, 5.74) is 2.00. The van der Waals surface area contributed by atoms with E-state index in [4.69, 9.17) is 10.5 Å². The molecule has 0 aromatic heterocycles. The Morgan fingerprint density at radius 3 is 2.36 bits per heavy atom. The second-order valence-electron chi connectivity index (χ2n) is 2.91. The number of hydrogen-bond acceptors (Lipinski definition) is 3. The van der Waals surface area contributed by atoms with Crippen LogP contribution in [0.5, 0.6) is 0 Å². The minimum absolute atomic E-state index is 0.356. The molecule has 0 fully saturated rings. The first kappa shape index (κ1) is 10.6. The van der Waals surface area contributed by atoms with Crippen LogP contribution >= 0.6 is 11.8 Å². The maximum absolute atomic E-state index is 8.82. The second-order valence-corrected chi connectivity index (χ2v) is 4.09. The Kier molecular flexibility index (Phi) is 3.56. The van der Waals surface area contributed by atoms with Gasteiger partial charge in [0.1, 0.15) is 12.1 Å². The number of hydrogen-bond donors (Lipinski definition) is 0. The van der Waals surface area contributed by atoms with E-state index < -0.39 is 0 Å². The van der Waals surface area contributed by atoms with Gasteiger partial charge in [-0.3, -0.25) is 0 Å². The SMILES string of the molecule is CSC(C)c1ccc(C#N)c(C#N)c1. The Bertz CT molecular complexity index is 412. The van der Waals surface area contributed by atoms with E-state index in [-0.39, 0.29) is 0 Å². The molecule has 0 aliphatic rings. The van der Waals surface area contributed by atoms with Crippen molar-refractivity contribution in [2.24, 2.45) is 0 Å². The zero-order chi connectivity index (χ0) is 10.6. The van der Waals surface area contributed by atoms with Gasteiger partial charge in [0, 0.05) is 5.25 Å². The molecule has 1 aromatic carbocycles. The molecule has 0 aliphatic heterocycles. The lowest BCUT2D eigenvalue weighted by Crippen LogP contribution is -1.91. The van der Waals surface area contributed by atoms with Crippen molar-refractivity contribution in [2.75, 3.05) is 6.26 Å². The molecular weight excluding hydrogens is 192 g/mol. The molecule has 3 heteroatoms. The summed E-state index contributed by atoms with van der Waals surface area (Å²) in [5, 5.41) is 17.9. The minimum atomic E-state index is 0.356. The first-order valence-corrected chi connectivity index (χ1v) is 5.48. The number of nitriles is 2. The molecule has 0 radical (unpaired) electrons. The van der Waals surface area contributed by atoms with E-state index in [1.54, 1.807) is 23.9 Å². The maximum Gasteiger partial charge on any atom is 0.101 e. The zero-order valence-electron chi connectivity index (χ0n) is 8.11. The van der Waals surface area contributed by atoms with Gasteiger partial charge in [0.25, 0.3) is 0 Å². The molecule has 0 N–H and O–H groups in total. The van der Waals surface area contributed by atoms with E-state index >= 15 is 0 Å². The third kappa shape index (κ3) is 2.07. The number of thioether (sulfide) groups is 1. The fraction of sp³-hybridized carbons (Fsp3) is 0.273. The van der Waals surface area contributed by atoms with Gasteiger partial charge in [-0.2, -0.15) is 22.3 Å². The lowest BCUT2D eigenvalue weighted by atomic mass is 10.0. The summed E-state index contributed by atoms with van der Waals surface area (Å²) in [5.74, 6) is 0. The Hall–Kier alpha value is -1.45. The summed E-state index contributed by atoms with van der Waals surface area (Å²) in [6.45, 7) is 2.08. The van der Waals surface area contributed by atoms with Crippen molar-refractivity contribution in [3.63, 3.8) is 0 Å². The fourth-order valence-corrected chi connectivity index (χ4v) is 1.56. The smallest absolute Gasteiger partial charge is 0.101 e. The Balaban J connectivity index is 3.17. The first-order valence-electron chi connectivity index (χ1n) is 4.20. The monoisotopic (exact) mass is 202 g/mol. The Morgan fingerprint density at radius 1 is 1.21 bits per heavy atom. The molecule has 14 heavy (non-hydrogen) atoms. The van der Waals surface area contributed by atoms with Gasteiger partial charge >= 0.3 is 0 Å². The third-order valence-electron chi connectivity index (χ3n) is 2.11. The lowest BCUT2D eigenvalue weighted by molar-refractivity contribution is 1.10. The van der Waals surface area contributed by atoms with Gasteiger partial charge in [-0.1, -0.05) is 6.07 Å². The van der Waals surface area contributed by atoms with Gasteiger partial charge in [0.15, 0.2) is 0 Å². The van der Waals surface area contributed by atoms with Gasteiger partial charge in [0.2, 0.25) is 0 Å². The highest BCUT2D eigenvalue weighted by Crippen LogP contribution is 2.26. The highest BCUT2D eigenvalue weighted by Gasteiger charge is 2.07. The van der Waals surface area contributed by atoms with Crippen LogP contribution in [0.3, 0.4) is 0 Å². The Morgan fingerprint density at radius 2 is 1.86 bits per heavy atom. The molecule has 1 rings (SSSR count). The summed E-state index contributed by atoms with van der Waals surface area (Å²) in [4.78, 5) is 0. The average Bonchev–Trinajstić information content (AvgIpc) is 2.26. The molecule has 2 nitrogen and oxygen atoms in total. The zero-order valence-corrected chi connectivity index (χ0v) is 8.93. The lowest BCUT2D eigenvalue weighted by Gasteiger charge is -2.08. The summed E-state index contributed by atoms with van der Waals surface area (Å²) < 4.78 is 0. The number of nitrogens with zero attached hydrogens (tertiary/aromatic N) is 2. The molecule has 0 saturated heterocycles. The van der Waals surface area contributed by atoms with Crippen molar-refractivity contribution in [3.05, 3.63) is 34.9 Å². The molecule has 0 saturated carbocycles. The van der Waals surface area contributed by atoms with Gasteiger partial charge < -0.3 is 0 Å². The van der Waals surface area contributed by atoms with Gasteiger partial charge in [-0.15, -0.1) is 0 Å². The highest BCUT2D eigenvalue weighted by atomic mass is 32.2. The summed E-state index contributed by atoms with van der Waals surface area (Å²) in [6.07, 6.45) is 2.02. The van der Waals surface area contributed by atoms with E-state index in [1.165, 1.54) is 0 Å². The minimum Gasteiger partial charge on any atom is -0.192 e. The predicted octanol–water partition coefficient (Wildman–Crippen LogP) is 2.85. The van der Waals surface area contributed by atoms with E-state index in [9.17, 15) is 0 Å². The normalized spacial score (nSPS) is 11.4. The van der Waals surface area contributed by atoms with Crippen LogP contribution in [0.25, 0.3) is 0 Å². The maximum atomic E-state index is 8.82. The molecule has 1 atom stereocenters. The van der Waals surface area contributed by atoms with E-state index in [0.29, 0.717) is 16.4 Å². The van der Waals surface area contributed by atoms with Gasteiger partial charge in [-0.25, -0.2) is 0 Å². The molecule has 70 valence electrons. The highest BCUT2D eigenvalue weighted by molar-refractivity contribution is 7.98. The molecular formula is C11H10N2S. The number of benzene rings is 1. The molecule has 0 amide bonds. The van der Waals surface area contributed by atoms with E-state index in [0.717, 1.165) is 5.56 Å². The van der Waals surface area contributed by atoms with Crippen LogP contribution in [0.2, 0.25) is 0 Å². The van der Waals surface area contributed by atoms with Crippen LogP contribution in [0.4, 0.5) is 0 Å². The molecule has 0 spiro atoms. The van der Waals surface area contributed by atoms with Crippen LogP contribution in [-0.2, 0) is 0 Å². The largest absolute Gasteiger partial charge is 0.192 e. The number of rotatable bonds is 2. The summed E-state index contributed by atoms with van der Waals surface area (Å²) >= 11 is 1.72. The quantitative estimate of drug-likeness (QED) is 0.740. The van der Waals surface area contributed by atoms with Crippen molar-refractivity contribution in [1.29, 1.82) is 10.5 Å².